The number of carbonyl (C=O) groups is 1. The van der Waals surface area contributed by atoms with E-state index in [0.717, 1.165) is 16.9 Å². The minimum Gasteiger partial charge on any atom is -0.492 e. The van der Waals surface area contributed by atoms with Crippen molar-refractivity contribution in [3.63, 3.8) is 0 Å². The highest BCUT2D eigenvalue weighted by Gasteiger charge is 2.13. The third-order valence-corrected chi connectivity index (χ3v) is 3.33. The minimum absolute atomic E-state index is 0.106. The molecular formula is C16H19ClN2O2. The first-order chi connectivity index (χ1) is 9.95. The lowest BCUT2D eigenvalue weighted by atomic mass is 10.1. The van der Waals surface area contributed by atoms with Gasteiger partial charge in [-0.3, -0.25) is 4.79 Å². The van der Waals surface area contributed by atoms with E-state index in [2.05, 4.69) is 11.1 Å². The molecule has 4 nitrogen and oxygen atoms in total. The minimum atomic E-state index is -0.106. The highest BCUT2D eigenvalue weighted by Crippen LogP contribution is 2.16. The van der Waals surface area contributed by atoms with Gasteiger partial charge in [-0.1, -0.05) is 17.7 Å². The number of hydrogen-bond donors (Lipinski definition) is 1. The first kappa shape index (κ1) is 15.4. The number of rotatable bonds is 5. The van der Waals surface area contributed by atoms with E-state index in [0.29, 0.717) is 23.9 Å². The number of halogens is 1. The molecule has 0 spiro atoms. The van der Waals surface area contributed by atoms with Crippen molar-refractivity contribution in [2.45, 2.75) is 13.8 Å². The zero-order valence-electron chi connectivity index (χ0n) is 12.4. The van der Waals surface area contributed by atoms with Crippen molar-refractivity contribution in [3.05, 3.63) is 52.3 Å². The second-order valence-electron chi connectivity index (χ2n) is 5.13. The largest absolute Gasteiger partial charge is 0.492 e. The van der Waals surface area contributed by atoms with Crippen LogP contribution in [-0.4, -0.2) is 36.0 Å². The number of benzene rings is 1. The highest BCUT2D eigenvalue weighted by molar-refractivity contribution is 6.30. The van der Waals surface area contributed by atoms with Gasteiger partial charge in [0.1, 0.15) is 18.1 Å². The van der Waals surface area contributed by atoms with Crippen LogP contribution in [0.5, 0.6) is 5.75 Å². The summed E-state index contributed by atoms with van der Waals surface area (Å²) in [5.74, 6) is 0.724. The van der Waals surface area contributed by atoms with Crippen LogP contribution in [0.15, 0.2) is 30.5 Å². The maximum Gasteiger partial charge on any atom is 0.270 e. The Labute approximate surface area is 129 Å². The SMILES string of the molecule is Cc1cc(C)cc(OCCN(C)C(=O)c2cc(Cl)c[nH]2)c1. The molecule has 2 rings (SSSR count). The van der Waals surface area contributed by atoms with Crippen LogP contribution in [0.3, 0.4) is 0 Å². The molecule has 0 aliphatic carbocycles. The number of likely N-dealkylation sites (N-methyl/N-ethyl adjacent to an activating group) is 1. The van der Waals surface area contributed by atoms with Gasteiger partial charge in [-0.25, -0.2) is 0 Å². The predicted octanol–water partition coefficient (Wildman–Crippen LogP) is 3.44. The Balaban J connectivity index is 1.86. The van der Waals surface area contributed by atoms with Crippen LogP contribution in [-0.2, 0) is 0 Å². The molecule has 1 amide bonds. The molecule has 0 aliphatic rings. The Kier molecular flexibility index (Phi) is 4.91. The summed E-state index contributed by atoms with van der Waals surface area (Å²) in [5, 5.41) is 0.526. The second kappa shape index (κ2) is 6.68. The molecule has 5 heteroatoms. The molecule has 0 atom stereocenters. The van der Waals surface area contributed by atoms with Crippen molar-refractivity contribution in [1.82, 2.24) is 9.88 Å². The summed E-state index contributed by atoms with van der Waals surface area (Å²) < 4.78 is 5.70. The van der Waals surface area contributed by atoms with E-state index in [1.807, 2.05) is 26.0 Å². The Morgan fingerprint density at radius 3 is 2.48 bits per heavy atom. The lowest BCUT2D eigenvalue weighted by Gasteiger charge is -2.17. The molecule has 1 N–H and O–H groups in total. The van der Waals surface area contributed by atoms with Gasteiger partial charge in [0.15, 0.2) is 0 Å². The fraction of sp³-hybridized carbons (Fsp3) is 0.312. The van der Waals surface area contributed by atoms with Crippen molar-refractivity contribution < 1.29 is 9.53 Å². The molecule has 0 fully saturated rings. The number of H-pyrrole nitrogens is 1. The monoisotopic (exact) mass is 306 g/mol. The average molecular weight is 307 g/mol. The Hall–Kier alpha value is -1.94. The van der Waals surface area contributed by atoms with Crippen molar-refractivity contribution >= 4 is 17.5 Å². The molecular weight excluding hydrogens is 288 g/mol. The summed E-state index contributed by atoms with van der Waals surface area (Å²) in [6.45, 7) is 5.01. The predicted molar refractivity (Wildman–Crippen MR) is 84.2 cm³/mol. The summed E-state index contributed by atoms with van der Waals surface area (Å²) in [6, 6.07) is 7.68. The van der Waals surface area contributed by atoms with Crippen LogP contribution in [0.25, 0.3) is 0 Å². The maximum absolute atomic E-state index is 12.1. The molecule has 1 aromatic carbocycles. The molecule has 0 unspecified atom stereocenters. The number of hydrogen-bond acceptors (Lipinski definition) is 2. The number of aryl methyl sites for hydroxylation is 2. The van der Waals surface area contributed by atoms with Gasteiger partial charge >= 0.3 is 0 Å². The number of amides is 1. The zero-order valence-corrected chi connectivity index (χ0v) is 13.2. The van der Waals surface area contributed by atoms with Crippen LogP contribution in [0.2, 0.25) is 5.02 Å². The second-order valence-corrected chi connectivity index (χ2v) is 5.57. The number of aromatic nitrogens is 1. The lowest BCUT2D eigenvalue weighted by molar-refractivity contribution is 0.0768. The van der Waals surface area contributed by atoms with E-state index in [9.17, 15) is 4.79 Å². The van der Waals surface area contributed by atoms with Gasteiger partial charge in [-0.2, -0.15) is 0 Å². The Morgan fingerprint density at radius 1 is 1.24 bits per heavy atom. The Morgan fingerprint density at radius 2 is 1.90 bits per heavy atom. The lowest BCUT2D eigenvalue weighted by Crippen LogP contribution is -2.31. The first-order valence-electron chi connectivity index (χ1n) is 6.76. The third kappa shape index (κ3) is 4.26. The van der Waals surface area contributed by atoms with Crippen LogP contribution in [0.1, 0.15) is 21.6 Å². The van der Waals surface area contributed by atoms with Crippen LogP contribution in [0, 0.1) is 13.8 Å². The smallest absolute Gasteiger partial charge is 0.270 e. The van der Waals surface area contributed by atoms with E-state index < -0.39 is 0 Å². The molecule has 1 heterocycles. The zero-order chi connectivity index (χ0) is 15.4. The number of carbonyl (C=O) groups excluding carboxylic acids is 1. The van der Waals surface area contributed by atoms with E-state index in [-0.39, 0.29) is 5.91 Å². The normalized spacial score (nSPS) is 10.5. The van der Waals surface area contributed by atoms with Crippen molar-refractivity contribution in [2.75, 3.05) is 20.2 Å². The molecule has 0 saturated carbocycles. The van der Waals surface area contributed by atoms with Gasteiger partial charge in [0.2, 0.25) is 0 Å². The summed E-state index contributed by atoms with van der Waals surface area (Å²) in [4.78, 5) is 16.5. The summed E-state index contributed by atoms with van der Waals surface area (Å²) >= 11 is 5.80. The molecule has 0 bridgehead atoms. The molecule has 2 aromatic rings. The number of ether oxygens (including phenoxy) is 1. The Bertz CT molecular complexity index is 617. The number of nitrogens with zero attached hydrogens (tertiary/aromatic N) is 1. The first-order valence-corrected chi connectivity index (χ1v) is 7.14. The van der Waals surface area contributed by atoms with E-state index in [1.165, 1.54) is 0 Å². The van der Waals surface area contributed by atoms with Crippen molar-refractivity contribution in [1.29, 1.82) is 0 Å². The molecule has 0 aliphatic heterocycles. The van der Waals surface area contributed by atoms with Gasteiger partial charge in [-0.05, 0) is 43.2 Å². The average Bonchev–Trinajstić information content (AvgIpc) is 2.83. The van der Waals surface area contributed by atoms with Crippen LogP contribution in [0.4, 0.5) is 0 Å². The fourth-order valence-electron chi connectivity index (χ4n) is 2.12. The van der Waals surface area contributed by atoms with Crippen molar-refractivity contribution in [3.8, 4) is 5.75 Å². The standard InChI is InChI=1S/C16H19ClN2O2/c1-11-6-12(2)8-14(7-11)21-5-4-19(3)16(20)15-9-13(17)10-18-15/h6-10,18H,4-5H2,1-3H3. The van der Waals surface area contributed by atoms with Gasteiger partial charge < -0.3 is 14.6 Å². The van der Waals surface area contributed by atoms with Crippen LogP contribution < -0.4 is 4.74 Å². The molecule has 21 heavy (non-hydrogen) atoms. The third-order valence-electron chi connectivity index (χ3n) is 3.12. The highest BCUT2D eigenvalue weighted by atomic mass is 35.5. The summed E-state index contributed by atoms with van der Waals surface area (Å²) in [7, 11) is 1.74. The van der Waals surface area contributed by atoms with E-state index in [4.69, 9.17) is 16.3 Å². The van der Waals surface area contributed by atoms with E-state index in [1.54, 1.807) is 24.2 Å². The van der Waals surface area contributed by atoms with Gasteiger partial charge in [0.05, 0.1) is 11.6 Å². The summed E-state index contributed by atoms with van der Waals surface area (Å²) in [5.41, 5.74) is 2.81. The molecule has 1 aromatic heterocycles. The van der Waals surface area contributed by atoms with Gasteiger partial charge in [0, 0.05) is 13.2 Å². The van der Waals surface area contributed by atoms with E-state index >= 15 is 0 Å². The number of nitrogens with one attached hydrogen (secondary N) is 1. The summed E-state index contributed by atoms with van der Waals surface area (Å²) in [6.07, 6.45) is 1.59. The number of aromatic amines is 1. The molecule has 0 radical (unpaired) electrons. The van der Waals surface area contributed by atoms with Gasteiger partial charge in [0.25, 0.3) is 5.91 Å². The fourth-order valence-corrected chi connectivity index (χ4v) is 2.28. The van der Waals surface area contributed by atoms with Crippen molar-refractivity contribution in [2.24, 2.45) is 0 Å². The topological polar surface area (TPSA) is 45.3 Å². The van der Waals surface area contributed by atoms with Crippen LogP contribution >= 0.6 is 11.6 Å². The maximum atomic E-state index is 12.1. The van der Waals surface area contributed by atoms with Gasteiger partial charge in [-0.15, -0.1) is 0 Å². The molecule has 112 valence electrons. The molecule has 0 saturated heterocycles. The quantitative estimate of drug-likeness (QED) is 0.919.